The maximum absolute atomic E-state index is 4.68. The van der Waals surface area contributed by atoms with E-state index >= 15 is 0 Å². The molecule has 1 heteroatoms. The van der Waals surface area contributed by atoms with Gasteiger partial charge in [0.1, 0.15) is 0 Å². The molecular weight excluding hydrogens is 170 g/mol. The van der Waals surface area contributed by atoms with Crippen molar-refractivity contribution in [1.29, 1.82) is 0 Å². The predicted molar refractivity (Wildman–Crippen MR) is 61.4 cm³/mol. The Kier molecular flexibility index (Phi) is 2.97. The van der Waals surface area contributed by atoms with Crippen LogP contribution in [0.15, 0.2) is 29.3 Å². The van der Waals surface area contributed by atoms with Gasteiger partial charge in [-0.2, -0.15) is 0 Å². The topological polar surface area (TPSA) is 12.4 Å². The predicted octanol–water partition coefficient (Wildman–Crippen LogP) is 4.03. The van der Waals surface area contributed by atoms with Crippen molar-refractivity contribution in [2.24, 2.45) is 4.99 Å². The monoisotopic (exact) mass is 187 g/mol. The van der Waals surface area contributed by atoms with Crippen LogP contribution in [-0.2, 0) is 0 Å². The number of aliphatic imine (C=N–C) groups is 1. The Morgan fingerprint density at radius 3 is 2.21 bits per heavy atom. The standard InChI is InChI=1S/C13H17N/c1-11-7-9-13(10-8-11)14-12-5-3-2-4-6-12/h7-10H,2-6H2,1H3. The van der Waals surface area contributed by atoms with Crippen LogP contribution in [-0.4, -0.2) is 5.71 Å². The average Bonchev–Trinajstić information content (AvgIpc) is 2.23. The molecule has 0 atom stereocenters. The van der Waals surface area contributed by atoms with Crippen LogP contribution in [0.3, 0.4) is 0 Å². The normalized spacial score (nSPS) is 16.8. The lowest BCUT2D eigenvalue weighted by molar-refractivity contribution is 0.667. The van der Waals surface area contributed by atoms with Gasteiger partial charge in [0.05, 0.1) is 5.69 Å². The lowest BCUT2D eigenvalue weighted by Crippen LogP contribution is -2.03. The maximum Gasteiger partial charge on any atom is 0.0629 e. The summed E-state index contributed by atoms with van der Waals surface area (Å²) in [7, 11) is 0. The smallest absolute Gasteiger partial charge is 0.0629 e. The molecule has 74 valence electrons. The lowest BCUT2D eigenvalue weighted by Gasteiger charge is -2.12. The fraction of sp³-hybridized carbons (Fsp3) is 0.462. The fourth-order valence-electron chi connectivity index (χ4n) is 1.87. The second kappa shape index (κ2) is 4.41. The van der Waals surface area contributed by atoms with Gasteiger partial charge in [-0.25, -0.2) is 0 Å². The van der Waals surface area contributed by atoms with Gasteiger partial charge in [-0.15, -0.1) is 0 Å². The van der Waals surface area contributed by atoms with Crippen molar-refractivity contribution in [2.45, 2.75) is 39.0 Å². The van der Waals surface area contributed by atoms with E-state index in [1.54, 1.807) is 0 Å². The van der Waals surface area contributed by atoms with Gasteiger partial charge >= 0.3 is 0 Å². The Balaban J connectivity index is 2.11. The molecule has 1 aromatic carbocycles. The first-order valence-corrected chi connectivity index (χ1v) is 5.48. The number of benzene rings is 1. The summed E-state index contributed by atoms with van der Waals surface area (Å²) in [4.78, 5) is 4.68. The summed E-state index contributed by atoms with van der Waals surface area (Å²) in [6.07, 6.45) is 6.43. The first kappa shape index (κ1) is 9.45. The zero-order chi connectivity index (χ0) is 9.80. The molecule has 0 heterocycles. The second-order valence-electron chi connectivity index (χ2n) is 4.07. The summed E-state index contributed by atoms with van der Waals surface area (Å²) in [5.74, 6) is 0. The molecule has 0 unspecified atom stereocenters. The molecule has 0 amide bonds. The van der Waals surface area contributed by atoms with Crippen LogP contribution in [0, 0.1) is 6.92 Å². The summed E-state index contributed by atoms with van der Waals surface area (Å²) in [5.41, 5.74) is 3.81. The van der Waals surface area contributed by atoms with E-state index in [9.17, 15) is 0 Å². The van der Waals surface area contributed by atoms with Gasteiger partial charge in [0, 0.05) is 5.71 Å². The van der Waals surface area contributed by atoms with Crippen molar-refractivity contribution in [3.63, 3.8) is 0 Å². The van der Waals surface area contributed by atoms with Crippen LogP contribution in [0.5, 0.6) is 0 Å². The third kappa shape index (κ3) is 2.44. The Hall–Kier alpha value is -1.11. The van der Waals surface area contributed by atoms with Gasteiger partial charge in [-0.05, 0) is 44.7 Å². The Morgan fingerprint density at radius 1 is 0.929 bits per heavy atom. The molecule has 0 saturated heterocycles. The minimum absolute atomic E-state index is 1.12. The molecule has 1 fully saturated rings. The lowest BCUT2D eigenvalue weighted by atomic mass is 9.98. The molecule has 0 bridgehead atoms. The molecule has 1 nitrogen and oxygen atoms in total. The van der Waals surface area contributed by atoms with Crippen molar-refractivity contribution >= 4 is 11.4 Å². The van der Waals surface area contributed by atoms with Gasteiger partial charge in [0.15, 0.2) is 0 Å². The summed E-state index contributed by atoms with van der Waals surface area (Å²) >= 11 is 0. The van der Waals surface area contributed by atoms with Gasteiger partial charge < -0.3 is 0 Å². The molecule has 2 rings (SSSR count). The third-order valence-corrected chi connectivity index (χ3v) is 2.75. The molecule has 1 aromatic rings. The van der Waals surface area contributed by atoms with Crippen LogP contribution in [0.25, 0.3) is 0 Å². The van der Waals surface area contributed by atoms with Crippen LogP contribution in [0.1, 0.15) is 37.7 Å². The second-order valence-corrected chi connectivity index (χ2v) is 4.07. The molecular formula is C13H17N. The van der Waals surface area contributed by atoms with Crippen LogP contribution in [0.4, 0.5) is 5.69 Å². The number of aryl methyl sites for hydroxylation is 1. The van der Waals surface area contributed by atoms with Gasteiger partial charge in [0.25, 0.3) is 0 Å². The quantitative estimate of drug-likeness (QED) is 0.629. The van der Waals surface area contributed by atoms with E-state index in [-0.39, 0.29) is 0 Å². The number of nitrogens with zero attached hydrogens (tertiary/aromatic N) is 1. The first-order valence-electron chi connectivity index (χ1n) is 5.48. The Morgan fingerprint density at radius 2 is 1.57 bits per heavy atom. The molecule has 1 aliphatic rings. The Labute approximate surface area is 85.9 Å². The fourth-order valence-corrected chi connectivity index (χ4v) is 1.87. The highest BCUT2D eigenvalue weighted by Gasteiger charge is 2.06. The van der Waals surface area contributed by atoms with Crippen LogP contribution in [0.2, 0.25) is 0 Å². The minimum Gasteiger partial charge on any atom is -0.258 e. The molecule has 0 N–H and O–H groups in total. The largest absolute Gasteiger partial charge is 0.258 e. The van der Waals surface area contributed by atoms with Gasteiger partial charge in [-0.3, -0.25) is 4.99 Å². The summed E-state index contributed by atoms with van der Waals surface area (Å²) in [6, 6.07) is 8.47. The van der Waals surface area contributed by atoms with E-state index in [4.69, 9.17) is 0 Å². The van der Waals surface area contributed by atoms with Gasteiger partial charge in [0.2, 0.25) is 0 Å². The molecule has 14 heavy (non-hydrogen) atoms. The van der Waals surface area contributed by atoms with E-state index in [0.717, 1.165) is 5.69 Å². The van der Waals surface area contributed by atoms with Crippen LogP contribution < -0.4 is 0 Å². The van der Waals surface area contributed by atoms with Crippen molar-refractivity contribution in [2.75, 3.05) is 0 Å². The highest BCUT2D eigenvalue weighted by atomic mass is 14.7. The Bertz CT molecular complexity index is 314. The summed E-state index contributed by atoms with van der Waals surface area (Å²) < 4.78 is 0. The first-order chi connectivity index (χ1) is 6.84. The van der Waals surface area contributed by atoms with Gasteiger partial charge in [-0.1, -0.05) is 24.1 Å². The molecule has 0 radical (unpaired) electrons. The summed E-state index contributed by atoms with van der Waals surface area (Å²) in [6.45, 7) is 2.11. The van der Waals surface area contributed by atoms with Crippen molar-refractivity contribution in [3.8, 4) is 0 Å². The molecule has 1 aliphatic carbocycles. The molecule has 1 saturated carbocycles. The molecule has 0 aromatic heterocycles. The van der Waals surface area contributed by atoms with Crippen molar-refractivity contribution in [1.82, 2.24) is 0 Å². The summed E-state index contributed by atoms with van der Waals surface area (Å²) in [5, 5.41) is 0. The highest BCUT2D eigenvalue weighted by Crippen LogP contribution is 2.20. The number of rotatable bonds is 1. The average molecular weight is 187 g/mol. The zero-order valence-corrected chi connectivity index (χ0v) is 8.79. The van der Waals surface area contributed by atoms with E-state index in [1.807, 2.05) is 0 Å². The minimum atomic E-state index is 1.12. The van der Waals surface area contributed by atoms with E-state index in [0.29, 0.717) is 0 Å². The highest BCUT2D eigenvalue weighted by molar-refractivity contribution is 5.87. The number of hydrogen-bond donors (Lipinski definition) is 0. The van der Waals surface area contributed by atoms with Crippen molar-refractivity contribution < 1.29 is 0 Å². The number of hydrogen-bond acceptors (Lipinski definition) is 1. The van der Waals surface area contributed by atoms with Crippen molar-refractivity contribution in [3.05, 3.63) is 29.8 Å². The molecule has 0 aliphatic heterocycles. The van der Waals surface area contributed by atoms with E-state index in [2.05, 4.69) is 36.2 Å². The maximum atomic E-state index is 4.68. The van der Waals surface area contributed by atoms with Crippen LogP contribution >= 0.6 is 0 Å². The van der Waals surface area contributed by atoms with E-state index in [1.165, 1.54) is 43.4 Å². The zero-order valence-electron chi connectivity index (χ0n) is 8.79. The molecule has 0 spiro atoms. The SMILES string of the molecule is Cc1ccc(N=C2CCCCC2)cc1. The third-order valence-electron chi connectivity index (χ3n) is 2.75. The van der Waals surface area contributed by atoms with E-state index < -0.39 is 0 Å².